The molecule has 1 rings (SSSR count). The van der Waals surface area contributed by atoms with Crippen LogP contribution in [0.25, 0.3) is 0 Å². The van der Waals surface area contributed by atoms with Gasteiger partial charge in [-0.15, -0.1) is 0 Å². The predicted molar refractivity (Wildman–Crippen MR) is 57.6 cm³/mol. The maximum atomic E-state index is 11.7. The van der Waals surface area contributed by atoms with Gasteiger partial charge in [-0.25, -0.2) is 8.42 Å². The van der Waals surface area contributed by atoms with E-state index in [1.165, 1.54) is 6.26 Å². The van der Waals surface area contributed by atoms with Gasteiger partial charge in [-0.3, -0.25) is 0 Å². The Labute approximate surface area is 86.0 Å². The lowest BCUT2D eigenvalue weighted by molar-refractivity contribution is 0.436. The van der Waals surface area contributed by atoms with Crippen molar-refractivity contribution in [3.8, 4) is 0 Å². The molecule has 0 unspecified atom stereocenters. The second-order valence-corrected chi connectivity index (χ2v) is 6.84. The van der Waals surface area contributed by atoms with Crippen LogP contribution < -0.4 is 11.5 Å². The summed E-state index contributed by atoms with van der Waals surface area (Å²) in [6.07, 6.45) is 2.79. The van der Waals surface area contributed by atoms with Gasteiger partial charge in [-0.05, 0) is 31.2 Å². The number of nitrogens with two attached hydrogens (primary N) is 2. The van der Waals surface area contributed by atoms with Gasteiger partial charge in [-0.2, -0.15) is 0 Å². The first-order chi connectivity index (χ1) is 6.37. The molecule has 0 radical (unpaired) electrons. The van der Waals surface area contributed by atoms with E-state index in [0.29, 0.717) is 18.9 Å². The molecule has 1 fully saturated rings. The van der Waals surface area contributed by atoms with Crippen molar-refractivity contribution in [1.82, 2.24) is 0 Å². The van der Waals surface area contributed by atoms with Gasteiger partial charge in [0.2, 0.25) is 0 Å². The van der Waals surface area contributed by atoms with Crippen LogP contribution in [0, 0.1) is 11.8 Å². The molecule has 3 atom stereocenters. The third-order valence-electron chi connectivity index (χ3n) is 3.64. The fraction of sp³-hybridized carbons (Fsp3) is 1.00. The summed E-state index contributed by atoms with van der Waals surface area (Å²) in [5, 5.41) is 0. The van der Waals surface area contributed by atoms with Crippen molar-refractivity contribution in [3.63, 3.8) is 0 Å². The van der Waals surface area contributed by atoms with Crippen molar-refractivity contribution >= 4 is 9.84 Å². The third kappa shape index (κ3) is 1.68. The Hall–Kier alpha value is -0.130. The Bertz CT molecular complexity index is 302. The normalized spacial score (nSPS) is 38.9. The first-order valence-corrected chi connectivity index (χ1v) is 6.86. The van der Waals surface area contributed by atoms with Gasteiger partial charge in [-0.1, -0.05) is 6.92 Å². The van der Waals surface area contributed by atoms with Crippen LogP contribution in [0.2, 0.25) is 0 Å². The maximum absolute atomic E-state index is 11.7. The number of hydrogen-bond acceptors (Lipinski definition) is 4. The first-order valence-electron chi connectivity index (χ1n) is 4.97. The molecule has 0 heterocycles. The smallest absolute Gasteiger partial charge is 0.154 e. The lowest BCUT2D eigenvalue weighted by atomic mass is 9.97. The van der Waals surface area contributed by atoms with E-state index in [1.807, 2.05) is 6.92 Å². The van der Waals surface area contributed by atoms with Crippen molar-refractivity contribution in [2.75, 3.05) is 19.3 Å². The Morgan fingerprint density at radius 3 is 2.21 bits per heavy atom. The highest BCUT2D eigenvalue weighted by Crippen LogP contribution is 2.43. The number of sulfone groups is 1. The summed E-state index contributed by atoms with van der Waals surface area (Å²) in [5.41, 5.74) is 11.2. The van der Waals surface area contributed by atoms with E-state index in [1.54, 1.807) is 0 Å². The van der Waals surface area contributed by atoms with Gasteiger partial charge < -0.3 is 11.5 Å². The van der Waals surface area contributed by atoms with Gasteiger partial charge in [0.1, 0.15) is 0 Å². The van der Waals surface area contributed by atoms with Crippen LogP contribution in [-0.2, 0) is 9.84 Å². The molecule has 4 N–H and O–H groups in total. The van der Waals surface area contributed by atoms with Crippen LogP contribution in [0.4, 0.5) is 0 Å². The van der Waals surface area contributed by atoms with Crippen molar-refractivity contribution in [3.05, 3.63) is 0 Å². The van der Waals surface area contributed by atoms with Gasteiger partial charge in [0, 0.05) is 12.8 Å². The van der Waals surface area contributed by atoms with Crippen LogP contribution in [0.3, 0.4) is 0 Å². The summed E-state index contributed by atoms with van der Waals surface area (Å²) in [6.45, 7) is 2.73. The molecule has 1 aliphatic carbocycles. The summed E-state index contributed by atoms with van der Waals surface area (Å²) in [6, 6.07) is 0. The fourth-order valence-corrected chi connectivity index (χ4v) is 4.29. The summed E-state index contributed by atoms with van der Waals surface area (Å²) >= 11 is 0. The molecule has 4 nitrogen and oxygen atoms in total. The van der Waals surface area contributed by atoms with Crippen molar-refractivity contribution in [2.45, 2.75) is 24.5 Å². The highest BCUT2D eigenvalue weighted by Gasteiger charge is 2.50. The minimum Gasteiger partial charge on any atom is -0.330 e. The lowest BCUT2D eigenvalue weighted by Gasteiger charge is -2.30. The standard InChI is InChI=1S/C9H20N2O2S/c1-7-3-8(5-10)4-9(7,6-11)14(2,12)13/h7-8H,3-6,10-11H2,1-2H3/t7-,8+,9+/m1/s1. The molecule has 0 spiro atoms. The number of hydrogen-bond donors (Lipinski definition) is 2. The van der Waals surface area contributed by atoms with E-state index in [-0.39, 0.29) is 12.5 Å². The Kier molecular flexibility index (Phi) is 3.23. The zero-order valence-corrected chi connectivity index (χ0v) is 9.68. The van der Waals surface area contributed by atoms with Gasteiger partial charge in [0.25, 0.3) is 0 Å². The summed E-state index contributed by atoms with van der Waals surface area (Å²) in [4.78, 5) is 0. The summed E-state index contributed by atoms with van der Waals surface area (Å²) in [5.74, 6) is 0.430. The van der Waals surface area contributed by atoms with Crippen LogP contribution in [0.1, 0.15) is 19.8 Å². The van der Waals surface area contributed by atoms with E-state index >= 15 is 0 Å². The minimum absolute atomic E-state index is 0.121. The molecule has 1 aliphatic rings. The molecule has 14 heavy (non-hydrogen) atoms. The molecule has 0 amide bonds. The molecule has 0 aliphatic heterocycles. The van der Waals surface area contributed by atoms with Crippen LogP contribution in [-0.4, -0.2) is 32.5 Å². The zero-order chi connectivity index (χ0) is 11.0. The van der Waals surface area contributed by atoms with Crippen LogP contribution in [0.15, 0.2) is 0 Å². The molecule has 0 saturated heterocycles. The Morgan fingerprint density at radius 2 is 2.00 bits per heavy atom. The quantitative estimate of drug-likeness (QED) is 0.685. The highest BCUT2D eigenvalue weighted by atomic mass is 32.2. The SMILES string of the molecule is C[C@@H]1C[C@H](CN)C[C@@]1(CN)S(C)(=O)=O. The van der Waals surface area contributed by atoms with E-state index in [9.17, 15) is 8.42 Å². The topological polar surface area (TPSA) is 86.2 Å². The highest BCUT2D eigenvalue weighted by molar-refractivity contribution is 7.92. The third-order valence-corrected chi connectivity index (χ3v) is 5.85. The first kappa shape index (κ1) is 11.9. The molecule has 84 valence electrons. The molecule has 5 heteroatoms. The van der Waals surface area contributed by atoms with Crippen molar-refractivity contribution in [2.24, 2.45) is 23.3 Å². The molecule has 0 aromatic carbocycles. The molecule has 0 aromatic heterocycles. The van der Waals surface area contributed by atoms with E-state index in [2.05, 4.69) is 0 Å². The molecular weight excluding hydrogens is 200 g/mol. The van der Waals surface area contributed by atoms with Crippen molar-refractivity contribution in [1.29, 1.82) is 0 Å². The fourth-order valence-electron chi connectivity index (χ4n) is 2.62. The molecular formula is C9H20N2O2S. The van der Waals surface area contributed by atoms with Crippen molar-refractivity contribution < 1.29 is 8.42 Å². The Balaban J connectivity index is 3.03. The number of rotatable bonds is 3. The average Bonchev–Trinajstić information content (AvgIpc) is 2.42. The van der Waals surface area contributed by atoms with E-state index in [4.69, 9.17) is 11.5 Å². The largest absolute Gasteiger partial charge is 0.330 e. The molecule has 1 saturated carbocycles. The minimum atomic E-state index is -3.09. The molecule has 0 aromatic rings. The molecule has 0 bridgehead atoms. The van der Waals surface area contributed by atoms with Crippen LogP contribution >= 0.6 is 0 Å². The maximum Gasteiger partial charge on any atom is 0.154 e. The van der Waals surface area contributed by atoms with Gasteiger partial charge in [0.15, 0.2) is 9.84 Å². The van der Waals surface area contributed by atoms with Gasteiger partial charge >= 0.3 is 0 Å². The van der Waals surface area contributed by atoms with Gasteiger partial charge in [0.05, 0.1) is 4.75 Å². The second-order valence-electron chi connectivity index (χ2n) is 4.48. The average molecular weight is 220 g/mol. The van der Waals surface area contributed by atoms with E-state index < -0.39 is 14.6 Å². The van der Waals surface area contributed by atoms with Crippen LogP contribution in [0.5, 0.6) is 0 Å². The predicted octanol–water partition coefficient (Wildman–Crippen LogP) is -0.267. The second kappa shape index (κ2) is 3.79. The lowest BCUT2D eigenvalue weighted by Crippen LogP contribution is -2.47. The van der Waals surface area contributed by atoms with E-state index in [0.717, 1.165) is 6.42 Å². The Morgan fingerprint density at radius 1 is 1.43 bits per heavy atom. The monoisotopic (exact) mass is 220 g/mol. The summed E-state index contributed by atoms with van der Waals surface area (Å²) < 4.78 is 22.8. The summed E-state index contributed by atoms with van der Waals surface area (Å²) in [7, 11) is -3.09. The zero-order valence-electron chi connectivity index (χ0n) is 8.86.